The molecule has 8 N–H and O–H groups in total. The van der Waals surface area contributed by atoms with Crippen LogP contribution in [0.2, 0.25) is 0 Å². The van der Waals surface area contributed by atoms with Crippen LogP contribution in [0.5, 0.6) is 0 Å². The van der Waals surface area contributed by atoms with E-state index in [1.165, 1.54) is 0 Å². The van der Waals surface area contributed by atoms with Crippen LogP contribution in [0.1, 0.15) is 13.2 Å². The van der Waals surface area contributed by atoms with Crippen LogP contribution in [0.15, 0.2) is 28.7 Å². The van der Waals surface area contributed by atoms with Crippen molar-refractivity contribution < 1.29 is 97.9 Å². The summed E-state index contributed by atoms with van der Waals surface area (Å²) in [6.45, 7) is 0. The van der Waals surface area contributed by atoms with Gasteiger partial charge in [-0.05, 0) is 18.2 Å². The number of carboxylic acids is 1. The molecule has 0 aliphatic carbocycles. The maximum Gasteiger partial charge on any atom is 1.00 e. The van der Waals surface area contributed by atoms with Gasteiger partial charge in [-0.25, -0.2) is 4.79 Å². The van der Waals surface area contributed by atoms with Gasteiger partial charge in [-0.2, -0.15) is 0 Å². The monoisotopic (exact) mass is 346 g/mol. The Morgan fingerprint density at radius 2 is 1.56 bits per heavy atom. The van der Waals surface area contributed by atoms with Crippen LogP contribution in [0.25, 0.3) is 0 Å². The van der Waals surface area contributed by atoms with Crippen molar-refractivity contribution in [3.8, 4) is 0 Å². The molecule has 0 fully saturated rings. The second kappa shape index (κ2) is 18.0. The standard InChI is InChI=1S/C7H5BrO2.BH3O3.2Na.2H2O.2H/c8-6-3-1-2-5(4-6)7(9)10;2-1(3)4;;;;;;/h1-4H,(H,9,10);2-4H;;;2*1H2;;/q;;2*+1;;;2*-1. The van der Waals surface area contributed by atoms with E-state index in [-0.39, 0.29) is 72.9 Å². The van der Waals surface area contributed by atoms with Gasteiger partial charge in [0.2, 0.25) is 0 Å². The minimum absolute atomic E-state index is 0. The number of hydrogen-bond acceptors (Lipinski definition) is 4. The summed E-state index contributed by atoms with van der Waals surface area (Å²) in [6.07, 6.45) is 0. The minimum Gasteiger partial charge on any atom is -1.00 e. The van der Waals surface area contributed by atoms with Gasteiger partial charge in [0.1, 0.15) is 0 Å². The van der Waals surface area contributed by atoms with Crippen LogP contribution in [-0.4, -0.2) is 44.4 Å². The largest absolute Gasteiger partial charge is 1.00 e. The Balaban J connectivity index is -0.0000000309. The molecule has 0 atom stereocenters. The molecule has 0 spiro atoms. The molecule has 0 saturated heterocycles. The van der Waals surface area contributed by atoms with Crippen molar-refractivity contribution >= 4 is 29.2 Å². The number of carbonyl (C=O) groups is 1. The van der Waals surface area contributed by atoms with Crippen molar-refractivity contribution in [3.63, 3.8) is 0 Å². The van der Waals surface area contributed by atoms with Crippen LogP contribution in [0.3, 0.4) is 0 Å². The van der Waals surface area contributed by atoms with E-state index in [0.29, 0.717) is 5.56 Å². The Morgan fingerprint density at radius 1 is 1.17 bits per heavy atom. The Hall–Kier alpha value is 1.03. The molecule has 7 nitrogen and oxygen atoms in total. The van der Waals surface area contributed by atoms with Crippen LogP contribution in [0.4, 0.5) is 0 Å². The number of halogens is 1. The first kappa shape index (κ1) is 31.4. The molecule has 0 bridgehead atoms. The molecule has 0 unspecified atom stereocenters. The Bertz CT molecular complexity index is 322. The zero-order valence-electron chi connectivity index (χ0n) is 12.0. The van der Waals surface area contributed by atoms with E-state index in [9.17, 15) is 4.79 Å². The third-order valence-electron chi connectivity index (χ3n) is 1.07. The Morgan fingerprint density at radius 3 is 1.78 bits per heavy atom. The number of aromatic carboxylic acids is 1. The summed E-state index contributed by atoms with van der Waals surface area (Å²) < 4.78 is 0.785. The maximum absolute atomic E-state index is 10.3. The summed E-state index contributed by atoms with van der Waals surface area (Å²) in [7, 11) is -2.17. The molecule has 0 aromatic heterocycles. The van der Waals surface area contributed by atoms with E-state index in [1.807, 2.05) is 0 Å². The molecule has 0 aliphatic heterocycles. The Kier molecular flexibility index (Phi) is 31.5. The van der Waals surface area contributed by atoms with Crippen molar-refractivity contribution in [2.45, 2.75) is 0 Å². The Labute approximate surface area is 160 Å². The summed E-state index contributed by atoms with van der Waals surface area (Å²) >= 11 is 3.17. The third-order valence-corrected chi connectivity index (χ3v) is 1.56. The summed E-state index contributed by atoms with van der Waals surface area (Å²) in [6, 6.07) is 6.58. The number of carboxylic acid groups (broad SMARTS) is 1. The first-order chi connectivity index (χ1) is 6.43. The van der Waals surface area contributed by atoms with Gasteiger partial charge < -0.3 is 34.0 Å². The molecule has 1 rings (SSSR count). The van der Waals surface area contributed by atoms with Gasteiger partial charge in [-0.15, -0.1) is 0 Å². The van der Waals surface area contributed by atoms with Gasteiger partial charge >= 0.3 is 72.4 Å². The van der Waals surface area contributed by atoms with E-state index in [1.54, 1.807) is 24.3 Å². The van der Waals surface area contributed by atoms with Gasteiger partial charge in [-0.3, -0.25) is 0 Å². The zero-order valence-corrected chi connectivity index (χ0v) is 15.5. The second-order valence-corrected chi connectivity index (χ2v) is 3.08. The van der Waals surface area contributed by atoms with Gasteiger partial charge in [0, 0.05) is 4.47 Å². The first-order valence-electron chi connectivity index (χ1n) is 3.46. The minimum atomic E-state index is -2.17. The van der Waals surface area contributed by atoms with Crippen molar-refractivity contribution in [2.75, 3.05) is 0 Å². The number of hydrogen-bond donors (Lipinski definition) is 4. The zero-order chi connectivity index (χ0) is 11.1. The molecular formula is C7H14BBrNa2O7. The van der Waals surface area contributed by atoms with Crippen LogP contribution < -0.4 is 59.1 Å². The van der Waals surface area contributed by atoms with Gasteiger partial charge in [0.15, 0.2) is 0 Å². The molecule has 0 aliphatic rings. The molecule has 0 heterocycles. The van der Waals surface area contributed by atoms with E-state index in [4.69, 9.17) is 20.2 Å². The van der Waals surface area contributed by atoms with Gasteiger partial charge in [0.25, 0.3) is 0 Å². The van der Waals surface area contributed by atoms with E-state index in [0.717, 1.165) is 4.47 Å². The molecule has 1 aromatic rings. The fourth-order valence-electron chi connectivity index (χ4n) is 0.622. The molecule has 18 heavy (non-hydrogen) atoms. The topological polar surface area (TPSA) is 161 Å². The second-order valence-electron chi connectivity index (χ2n) is 2.16. The van der Waals surface area contributed by atoms with E-state index in [2.05, 4.69) is 15.9 Å². The van der Waals surface area contributed by atoms with Crippen molar-refractivity contribution in [1.29, 1.82) is 0 Å². The van der Waals surface area contributed by atoms with Crippen molar-refractivity contribution in [1.82, 2.24) is 0 Å². The van der Waals surface area contributed by atoms with E-state index >= 15 is 0 Å². The fourth-order valence-corrected chi connectivity index (χ4v) is 1.02. The molecule has 0 radical (unpaired) electrons. The predicted molar refractivity (Wildman–Crippen MR) is 63.0 cm³/mol. The summed E-state index contributed by atoms with van der Waals surface area (Å²) in [5.74, 6) is -0.902. The molecular weight excluding hydrogens is 333 g/mol. The average molecular weight is 347 g/mol. The summed E-state index contributed by atoms with van der Waals surface area (Å²) in [5.41, 5.74) is 0.300. The smallest absolute Gasteiger partial charge is 1.00 e. The summed E-state index contributed by atoms with van der Waals surface area (Å²) in [4.78, 5) is 10.3. The molecule has 11 heteroatoms. The number of benzene rings is 1. The number of rotatable bonds is 1. The maximum atomic E-state index is 10.3. The van der Waals surface area contributed by atoms with Gasteiger partial charge in [0.05, 0.1) is 5.56 Å². The van der Waals surface area contributed by atoms with Crippen molar-refractivity contribution in [3.05, 3.63) is 34.3 Å². The average Bonchev–Trinajstić information content (AvgIpc) is 2.03. The SMILES string of the molecule is O.O.O=C(O)c1cccc(Br)c1.OB(O)O.[H-].[H-].[Na+].[Na+]. The summed E-state index contributed by atoms with van der Waals surface area (Å²) in [5, 5.41) is 30.0. The van der Waals surface area contributed by atoms with E-state index < -0.39 is 13.3 Å². The van der Waals surface area contributed by atoms with Gasteiger partial charge in [-0.1, -0.05) is 22.0 Å². The molecule has 1 aromatic carbocycles. The first-order valence-corrected chi connectivity index (χ1v) is 4.26. The third kappa shape index (κ3) is 19.4. The van der Waals surface area contributed by atoms with Crippen molar-refractivity contribution in [2.24, 2.45) is 0 Å². The normalized spacial score (nSPS) is 6.67. The van der Waals surface area contributed by atoms with Crippen LogP contribution >= 0.6 is 15.9 Å². The fraction of sp³-hybridized carbons (Fsp3) is 0. The molecule has 96 valence electrons. The quantitative estimate of drug-likeness (QED) is 0.371. The predicted octanol–water partition coefficient (Wildman–Crippen LogP) is -7.32. The molecule has 0 saturated carbocycles. The van der Waals surface area contributed by atoms with Crippen LogP contribution in [0, 0.1) is 0 Å². The van der Waals surface area contributed by atoms with Crippen LogP contribution in [-0.2, 0) is 0 Å². The molecule has 0 amide bonds.